The topological polar surface area (TPSA) is 32.9 Å². The maximum Gasteiger partial charge on any atom is 0.251 e. The van der Waals surface area contributed by atoms with Crippen molar-refractivity contribution in [3.05, 3.63) is 39.3 Å². The minimum atomic E-state index is 0.134. The lowest BCUT2D eigenvalue weighted by atomic mass is 10.0. The largest absolute Gasteiger partial charge is 0.322 e. The molecule has 2 aliphatic rings. The maximum absolute atomic E-state index is 11.9. The fraction of sp³-hybridized carbons (Fsp3) is 0.500. The molecule has 0 unspecified atom stereocenters. The van der Waals surface area contributed by atoms with Crippen LogP contribution in [0.1, 0.15) is 49.4 Å². The van der Waals surface area contributed by atoms with E-state index in [9.17, 15) is 4.79 Å². The average Bonchev–Trinajstić information content (AvgIpc) is 2.98. The van der Waals surface area contributed by atoms with E-state index in [1.807, 2.05) is 0 Å². The van der Waals surface area contributed by atoms with Crippen LogP contribution in [-0.4, -0.2) is 4.98 Å². The summed E-state index contributed by atoms with van der Waals surface area (Å²) < 4.78 is 0. The van der Waals surface area contributed by atoms with Crippen molar-refractivity contribution in [3.8, 4) is 0 Å². The van der Waals surface area contributed by atoms with Crippen LogP contribution in [0.5, 0.6) is 0 Å². The van der Waals surface area contributed by atoms with Crippen molar-refractivity contribution in [3.63, 3.8) is 0 Å². The molecule has 0 amide bonds. The molecule has 3 rings (SSSR count). The quantitative estimate of drug-likeness (QED) is 0.808. The molecule has 1 saturated carbocycles. The van der Waals surface area contributed by atoms with Gasteiger partial charge < -0.3 is 4.98 Å². The minimum Gasteiger partial charge on any atom is -0.322 e. The Morgan fingerprint density at radius 1 is 1.38 bits per heavy atom. The first-order valence-electron chi connectivity index (χ1n) is 6.13. The molecule has 1 heterocycles. The minimum absolute atomic E-state index is 0.134. The first-order valence-corrected chi connectivity index (χ1v) is 6.13. The van der Waals surface area contributed by atoms with Gasteiger partial charge in [-0.25, -0.2) is 0 Å². The Bertz CT molecular complexity index is 518. The number of H-pyrrole nitrogens is 1. The smallest absolute Gasteiger partial charge is 0.251 e. The molecule has 2 aliphatic carbocycles. The van der Waals surface area contributed by atoms with Crippen LogP contribution < -0.4 is 5.56 Å². The van der Waals surface area contributed by atoms with Crippen LogP contribution in [-0.2, 0) is 6.42 Å². The molecule has 0 atom stereocenters. The highest BCUT2D eigenvalue weighted by atomic mass is 16.1. The number of hydrogen-bond donors (Lipinski definition) is 1. The van der Waals surface area contributed by atoms with Gasteiger partial charge in [0.1, 0.15) is 0 Å². The summed E-state index contributed by atoms with van der Waals surface area (Å²) in [6.07, 6.45) is 5.61. The first kappa shape index (κ1) is 9.88. The van der Waals surface area contributed by atoms with Gasteiger partial charge in [-0.1, -0.05) is 19.9 Å². The summed E-state index contributed by atoms with van der Waals surface area (Å²) in [6.45, 7) is 4.35. The standard InChI is InChI=1S/C14H17NO/c1-8(2)11-6-5-10-7-12(9-3-4-9)14(16)15-13(10)11/h6-9H,3-5H2,1-2H3,(H,15,16). The van der Waals surface area contributed by atoms with Gasteiger partial charge in [-0.15, -0.1) is 0 Å². The Labute approximate surface area is 95.4 Å². The van der Waals surface area contributed by atoms with Gasteiger partial charge in [0.25, 0.3) is 5.56 Å². The van der Waals surface area contributed by atoms with Crippen molar-refractivity contribution in [2.45, 2.75) is 39.0 Å². The van der Waals surface area contributed by atoms with Crippen LogP contribution in [0.4, 0.5) is 0 Å². The molecule has 16 heavy (non-hydrogen) atoms. The Morgan fingerprint density at radius 3 is 2.75 bits per heavy atom. The summed E-state index contributed by atoms with van der Waals surface area (Å²) in [5.74, 6) is 1.03. The summed E-state index contributed by atoms with van der Waals surface area (Å²) in [5, 5.41) is 0. The first-order chi connectivity index (χ1) is 7.66. The van der Waals surface area contributed by atoms with Gasteiger partial charge in [-0.3, -0.25) is 4.79 Å². The summed E-state index contributed by atoms with van der Waals surface area (Å²) in [5.41, 5.74) is 4.84. The molecular formula is C14H17NO. The zero-order valence-corrected chi connectivity index (χ0v) is 9.84. The number of allylic oxidation sites excluding steroid dienone is 2. The number of hydrogen-bond acceptors (Lipinski definition) is 1. The van der Waals surface area contributed by atoms with E-state index < -0.39 is 0 Å². The molecule has 0 saturated heterocycles. The third-order valence-corrected chi connectivity index (χ3v) is 3.62. The lowest BCUT2D eigenvalue weighted by Gasteiger charge is -2.10. The number of rotatable bonds is 2. The molecule has 0 aliphatic heterocycles. The van der Waals surface area contributed by atoms with Crippen LogP contribution in [0, 0.1) is 5.92 Å². The summed E-state index contributed by atoms with van der Waals surface area (Å²) in [7, 11) is 0. The van der Waals surface area contributed by atoms with Gasteiger partial charge in [0, 0.05) is 11.3 Å². The second-order valence-electron chi connectivity index (χ2n) is 5.25. The van der Waals surface area contributed by atoms with Crippen molar-refractivity contribution in [2.75, 3.05) is 0 Å². The Kier molecular flexibility index (Phi) is 2.06. The molecule has 1 N–H and O–H groups in total. The highest BCUT2D eigenvalue weighted by Gasteiger charge is 2.28. The highest BCUT2D eigenvalue weighted by Crippen LogP contribution is 2.40. The Hall–Kier alpha value is -1.31. The maximum atomic E-state index is 11.9. The fourth-order valence-corrected chi connectivity index (χ4v) is 2.55. The molecule has 1 aromatic heterocycles. The number of pyridine rings is 1. The summed E-state index contributed by atoms with van der Waals surface area (Å²) >= 11 is 0. The van der Waals surface area contributed by atoms with Gasteiger partial charge in [0.2, 0.25) is 0 Å². The average molecular weight is 215 g/mol. The van der Waals surface area contributed by atoms with Crippen LogP contribution >= 0.6 is 0 Å². The highest BCUT2D eigenvalue weighted by molar-refractivity contribution is 5.71. The fourth-order valence-electron chi connectivity index (χ4n) is 2.55. The van der Waals surface area contributed by atoms with Crippen LogP contribution in [0.2, 0.25) is 0 Å². The molecule has 1 fully saturated rings. The van der Waals surface area contributed by atoms with Crippen molar-refractivity contribution >= 4 is 5.57 Å². The zero-order chi connectivity index (χ0) is 11.3. The normalized spacial score (nSPS) is 18.8. The molecule has 0 spiro atoms. The van der Waals surface area contributed by atoms with Crippen molar-refractivity contribution < 1.29 is 0 Å². The van der Waals surface area contributed by atoms with Crippen molar-refractivity contribution in [1.29, 1.82) is 0 Å². The van der Waals surface area contributed by atoms with E-state index in [4.69, 9.17) is 0 Å². The van der Waals surface area contributed by atoms with E-state index in [0.29, 0.717) is 11.8 Å². The molecular weight excluding hydrogens is 198 g/mol. The molecule has 0 bridgehead atoms. The lowest BCUT2D eigenvalue weighted by molar-refractivity contribution is 0.848. The van der Waals surface area contributed by atoms with Gasteiger partial charge in [-0.05, 0) is 48.3 Å². The predicted octanol–water partition coefficient (Wildman–Crippen LogP) is 2.85. The van der Waals surface area contributed by atoms with Crippen LogP contribution in [0.3, 0.4) is 0 Å². The van der Waals surface area contributed by atoms with Gasteiger partial charge in [-0.2, -0.15) is 0 Å². The van der Waals surface area contributed by atoms with Crippen molar-refractivity contribution in [1.82, 2.24) is 4.98 Å². The SMILES string of the molecule is CC(C)C1=CCc2cc(C3CC3)c(=O)[nH]c21. The summed E-state index contributed by atoms with van der Waals surface area (Å²) in [4.78, 5) is 15.0. The predicted molar refractivity (Wildman–Crippen MR) is 65.6 cm³/mol. The number of aromatic amines is 1. The van der Waals surface area contributed by atoms with Crippen molar-refractivity contribution in [2.24, 2.45) is 5.92 Å². The van der Waals surface area contributed by atoms with E-state index in [1.165, 1.54) is 24.0 Å². The zero-order valence-electron chi connectivity index (χ0n) is 9.84. The Balaban J connectivity index is 2.09. The number of aromatic nitrogens is 1. The molecule has 0 radical (unpaired) electrons. The van der Waals surface area contributed by atoms with Gasteiger partial charge >= 0.3 is 0 Å². The Morgan fingerprint density at radius 2 is 2.12 bits per heavy atom. The van der Waals surface area contributed by atoms with Gasteiger partial charge in [0.15, 0.2) is 0 Å². The number of nitrogens with one attached hydrogen (secondary N) is 1. The third-order valence-electron chi connectivity index (χ3n) is 3.62. The monoisotopic (exact) mass is 215 g/mol. The van der Waals surface area contributed by atoms with Gasteiger partial charge in [0.05, 0.1) is 0 Å². The van der Waals surface area contributed by atoms with Crippen LogP contribution in [0.15, 0.2) is 16.9 Å². The molecule has 1 aromatic rings. The molecule has 2 heteroatoms. The van der Waals surface area contributed by atoms with E-state index in [-0.39, 0.29) is 5.56 Å². The molecule has 2 nitrogen and oxygen atoms in total. The number of fused-ring (bicyclic) bond motifs is 1. The van der Waals surface area contributed by atoms with E-state index >= 15 is 0 Å². The molecule has 0 aromatic carbocycles. The second-order valence-corrected chi connectivity index (χ2v) is 5.25. The van der Waals surface area contributed by atoms with E-state index in [1.54, 1.807) is 0 Å². The van der Waals surface area contributed by atoms with E-state index in [0.717, 1.165) is 17.7 Å². The lowest BCUT2D eigenvalue weighted by Crippen LogP contribution is -2.15. The second kappa shape index (κ2) is 3.34. The van der Waals surface area contributed by atoms with E-state index in [2.05, 4.69) is 31.0 Å². The van der Waals surface area contributed by atoms with Crippen LogP contribution in [0.25, 0.3) is 5.57 Å². The third kappa shape index (κ3) is 1.44. The molecule has 84 valence electrons. The summed E-state index contributed by atoms with van der Waals surface area (Å²) in [6, 6.07) is 2.14.